The average Bonchev–Trinajstić information content (AvgIpc) is 2.95. The Morgan fingerprint density at radius 1 is 1.10 bits per heavy atom. The summed E-state index contributed by atoms with van der Waals surface area (Å²) < 4.78 is 10.6. The first-order chi connectivity index (χ1) is 14.7. The van der Waals surface area contributed by atoms with Gasteiger partial charge in [-0.1, -0.05) is 20.8 Å². The zero-order valence-electron chi connectivity index (χ0n) is 19.2. The van der Waals surface area contributed by atoms with Gasteiger partial charge in [0.25, 0.3) is 0 Å². The van der Waals surface area contributed by atoms with E-state index >= 15 is 0 Å². The summed E-state index contributed by atoms with van der Waals surface area (Å²) in [6.45, 7) is 12.1. The fourth-order valence-corrected chi connectivity index (χ4v) is 5.91. The van der Waals surface area contributed by atoms with E-state index in [4.69, 9.17) is 9.47 Å². The van der Waals surface area contributed by atoms with Gasteiger partial charge in [0, 0.05) is 24.2 Å². The van der Waals surface area contributed by atoms with Gasteiger partial charge in [-0.2, -0.15) is 0 Å². The summed E-state index contributed by atoms with van der Waals surface area (Å²) in [5.41, 5.74) is 2.95. The number of hydrogen-bond acceptors (Lipinski definition) is 6. The molecule has 6 nitrogen and oxygen atoms in total. The number of carbonyl (C=O) groups is 2. The second-order valence-electron chi connectivity index (χ2n) is 10.0. The summed E-state index contributed by atoms with van der Waals surface area (Å²) in [4.78, 5) is 32.2. The predicted octanol–water partition coefficient (Wildman–Crippen LogP) is 4.99. The number of anilines is 1. The number of pyridine rings is 1. The Kier molecular flexibility index (Phi) is 5.44. The topological polar surface area (TPSA) is 68.7 Å². The number of carbonyl (C=O) groups excluding carboxylic acids is 2. The smallest absolute Gasteiger partial charge is 0.341 e. The molecule has 0 radical (unpaired) electrons. The maximum absolute atomic E-state index is 12.9. The maximum Gasteiger partial charge on any atom is 0.341 e. The van der Waals surface area contributed by atoms with Gasteiger partial charge in [-0.3, -0.25) is 4.98 Å². The number of benzene rings is 1. The molecule has 2 atom stereocenters. The number of hydrogen-bond donors (Lipinski definition) is 0. The lowest BCUT2D eigenvalue weighted by atomic mass is 9.65. The average molecular weight is 425 g/mol. The Bertz CT molecular complexity index is 1030. The van der Waals surface area contributed by atoms with Crippen LogP contribution in [0.3, 0.4) is 0 Å². The van der Waals surface area contributed by atoms with Crippen molar-refractivity contribution in [2.24, 2.45) is 10.8 Å². The van der Waals surface area contributed by atoms with E-state index in [0.29, 0.717) is 30.4 Å². The lowest BCUT2D eigenvalue weighted by Gasteiger charge is -2.39. The van der Waals surface area contributed by atoms with Crippen LogP contribution < -0.4 is 4.90 Å². The fraction of sp³-hybridized carbons (Fsp3) is 0.560. The molecular formula is C25H32N2O4. The Morgan fingerprint density at radius 3 is 2.52 bits per heavy atom. The standard InChI is InChI=1S/C25H32N2O4/c1-6-30-22(28)16-8-9-20-18(10-16)21(19(13-26-20)23(29)31-7-2)27-15-25(5)12-17(27)11-24(3,4)14-25/h8-10,13,17H,6-7,11-12,14-15H2,1-5H3. The van der Waals surface area contributed by atoms with Crippen LogP contribution in [0.4, 0.5) is 5.69 Å². The van der Waals surface area contributed by atoms with Crippen LogP contribution in [0.2, 0.25) is 0 Å². The van der Waals surface area contributed by atoms with Crippen LogP contribution in [0.5, 0.6) is 0 Å². The Labute approximate surface area is 183 Å². The van der Waals surface area contributed by atoms with Crippen LogP contribution in [0, 0.1) is 10.8 Å². The van der Waals surface area contributed by atoms with E-state index in [2.05, 4.69) is 30.7 Å². The molecule has 1 saturated carbocycles. The lowest BCUT2D eigenvalue weighted by Crippen LogP contribution is -2.35. The minimum atomic E-state index is -0.376. The third kappa shape index (κ3) is 4.00. The molecule has 2 heterocycles. The van der Waals surface area contributed by atoms with Gasteiger partial charge >= 0.3 is 11.9 Å². The number of aromatic nitrogens is 1. The second-order valence-corrected chi connectivity index (χ2v) is 10.0. The van der Waals surface area contributed by atoms with Gasteiger partial charge in [0.2, 0.25) is 0 Å². The van der Waals surface area contributed by atoms with E-state index in [1.165, 1.54) is 0 Å². The molecule has 2 bridgehead atoms. The van der Waals surface area contributed by atoms with Crippen molar-refractivity contribution in [3.8, 4) is 0 Å². The van der Waals surface area contributed by atoms with Crippen LogP contribution >= 0.6 is 0 Å². The third-order valence-corrected chi connectivity index (χ3v) is 6.55. The molecule has 1 saturated heterocycles. The molecule has 0 N–H and O–H groups in total. The molecule has 1 aliphatic heterocycles. The number of nitrogens with zero attached hydrogens (tertiary/aromatic N) is 2. The summed E-state index contributed by atoms with van der Waals surface area (Å²) in [5, 5.41) is 0.796. The maximum atomic E-state index is 12.9. The van der Waals surface area contributed by atoms with Gasteiger partial charge in [0.15, 0.2) is 0 Å². The Balaban J connectivity index is 1.90. The molecule has 1 aromatic heterocycles. The molecule has 1 aliphatic carbocycles. The van der Waals surface area contributed by atoms with Gasteiger partial charge in [-0.25, -0.2) is 9.59 Å². The van der Waals surface area contributed by atoms with Crippen LogP contribution in [0.25, 0.3) is 10.9 Å². The number of rotatable bonds is 5. The van der Waals surface area contributed by atoms with Crippen molar-refractivity contribution in [3.05, 3.63) is 35.5 Å². The fourth-order valence-electron chi connectivity index (χ4n) is 5.91. The highest BCUT2D eigenvalue weighted by atomic mass is 16.5. The summed E-state index contributed by atoms with van der Waals surface area (Å²) in [5.74, 6) is -0.746. The molecule has 0 spiro atoms. The molecule has 0 amide bonds. The van der Waals surface area contributed by atoms with E-state index in [0.717, 1.165) is 42.4 Å². The minimum absolute atomic E-state index is 0.187. The number of fused-ring (bicyclic) bond motifs is 3. The van der Waals surface area contributed by atoms with Crippen molar-refractivity contribution in [3.63, 3.8) is 0 Å². The Hall–Kier alpha value is -2.63. The van der Waals surface area contributed by atoms with Gasteiger partial charge in [0.1, 0.15) is 5.56 Å². The molecule has 2 aromatic rings. The molecule has 166 valence electrons. The summed E-state index contributed by atoms with van der Waals surface area (Å²) in [6, 6.07) is 5.70. The number of esters is 2. The molecule has 1 aromatic carbocycles. The summed E-state index contributed by atoms with van der Waals surface area (Å²) in [7, 11) is 0. The van der Waals surface area contributed by atoms with Crippen molar-refractivity contribution in [2.45, 2.75) is 59.9 Å². The van der Waals surface area contributed by atoms with E-state index in [1.54, 1.807) is 26.1 Å². The first-order valence-electron chi connectivity index (χ1n) is 11.2. The van der Waals surface area contributed by atoms with Crippen LogP contribution in [-0.2, 0) is 9.47 Å². The van der Waals surface area contributed by atoms with Gasteiger partial charge < -0.3 is 14.4 Å². The van der Waals surface area contributed by atoms with Gasteiger partial charge in [-0.15, -0.1) is 0 Å². The highest BCUT2D eigenvalue weighted by Crippen LogP contribution is 2.54. The van der Waals surface area contributed by atoms with Crippen molar-refractivity contribution in [1.29, 1.82) is 0 Å². The molecule has 2 fully saturated rings. The molecule has 4 rings (SSSR count). The zero-order chi connectivity index (χ0) is 22.4. The molecule has 31 heavy (non-hydrogen) atoms. The zero-order valence-corrected chi connectivity index (χ0v) is 19.2. The third-order valence-electron chi connectivity index (χ3n) is 6.55. The van der Waals surface area contributed by atoms with E-state index in [-0.39, 0.29) is 22.8 Å². The highest BCUT2D eigenvalue weighted by Gasteiger charge is 2.50. The van der Waals surface area contributed by atoms with Crippen molar-refractivity contribution in [2.75, 3.05) is 24.7 Å². The van der Waals surface area contributed by atoms with Crippen LogP contribution in [0.1, 0.15) is 74.6 Å². The van der Waals surface area contributed by atoms with Gasteiger partial charge in [-0.05, 0) is 62.1 Å². The summed E-state index contributed by atoms with van der Waals surface area (Å²) in [6.07, 6.45) is 4.93. The Morgan fingerprint density at radius 2 is 1.81 bits per heavy atom. The largest absolute Gasteiger partial charge is 0.462 e. The monoisotopic (exact) mass is 424 g/mol. The number of ether oxygens (including phenoxy) is 2. The SMILES string of the molecule is CCOC(=O)c1ccc2ncc(C(=O)OCC)c(N3CC4(C)CC3CC(C)(C)C4)c2c1. The second kappa shape index (κ2) is 7.81. The molecule has 2 unspecified atom stereocenters. The van der Waals surface area contributed by atoms with Crippen LogP contribution in [-0.4, -0.2) is 42.7 Å². The first kappa shape index (κ1) is 21.6. The highest BCUT2D eigenvalue weighted by molar-refractivity contribution is 6.07. The summed E-state index contributed by atoms with van der Waals surface area (Å²) >= 11 is 0. The normalized spacial score (nSPS) is 24.3. The van der Waals surface area contributed by atoms with Crippen molar-refractivity contribution >= 4 is 28.5 Å². The molecule has 2 aliphatic rings. The minimum Gasteiger partial charge on any atom is -0.462 e. The quantitative estimate of drug-likeness (QED) is 0.630. The van der Waals surface area contributed by atoms with Crippen molar-refractivity contribution in [1.82, 2.24) is 4.98 Å². The van der Waals surface area contributed by atoms with Crippen LogP contribution in [0.15, 0.2) is 24.4 Å². The van der Waals surface area contributed by atoms with E-state index < -0.39 is 0 Å². The molecule has 6 heteroatoms. The lowest BCUT2D eigenvalue weighted by molar-refractivity contribution is 0.0517. The molecular weight excluding hydrogens is 392 g/mol. The van der Waals surface area contributed by atoms with E-state index in [1.807, 2.05) is 12.1 Å². The van der Waals surface area contributed by atoms with Gasteiger partial charge in [0.05, 0.1) is 30.0 Å². The van der Waals surface area contributed by atoms with E-state index in [9.17, 15) is 9.59 Å². The first-order valence-corrected chi connectivity index (χ1v) is 11.2. The van der Waals surface area contributed by atoms with Crippen molar-refractivity contribution < 1.29 is 19.1 Å². The predicted molar refractivity (Wildman–Crippen MR) is 121 cm³/mol.